The van der Waals surface area contributed by atoms with Gasteiger partial charge in [0.1, 0.15) is 5.60 Å². The molecule has 0 radical (unpaired) electrons. The molecule has 0 bridgehead atoms. The summed E-state index contributed by atoms with van der Waals surface area (Å²) in [7, 11) is 0. The van der Waals surface area contributed by atoms with E-state index in [1.54, 1.807) is 0 Å². The van der Waals surface area contributed by atoms with Crippen LogP contribution in [0.25, 0.3) is 0 Å². The highest BCUT2D eigenvalue weighted by Gasteiger charge is 2.20. The fraction of sp³-hybridized carbons (Fsp3) is 0.727. The van der Waals surface area contributed by atoms with Gasteiger partial charge in [-0.05, 0) is 46.8 Å². The number of alkyl carbamates (subject to hydrolysis) is 1. The lowest BCUT2D eigenvalue weighted by molar-refractivity contribution is 0.0505. The Bertz CT molecular complexity index is 472. The van der Waals surface area contributed by atoms with Crippen molar-refractivity contribution in [3.63, 3.8) is 0 Å². The minimum atomic E-state index is -0.515. The molecule has 1 aromatic rings. The van der Waals surface area contributed by atoms with Crippen molar-refractivity contribution in [3.8, 4) is 0 Å². The first-order chi connectivity index (χ1) is 8.24. The fourth-order valence-corrected chi connectivity index (χ4v) is 1.78. The van der Waals surface area contributed by atoms with Crippen molar-refractivity contribution in [1.29, 1.82) is 0 Å². The van der Waals surface area contributed by atoms with Gasteiger partial charge in [-0.15, -0.1) is 0 Å². The number of rotatable bonds is 3. The van der Waals surface area contributed by atoms with Crippen molar-refractivity contribution >= 4 is 18.3 Å². The average molecular weight is 272 g/mol. The van der Waals surface area contributed by atoms with Crippen LogP contribution in [0.2, 0.25) is 0 Å². The molecular formula is C11H20N4O2S. The molecule has 0 fully saturated rings. The summed E-state index contributed by atoms with van der Waals surface area (Å²) in [5.74, 6) is 0.688. The summed E-state index contributed by atoms with van der Waals surface area (Å²) in [4.78, 5) is 11.6. The lowest BCUT2D eigenvalue weighted by Crippen LogP contribution is -2.34. The summed E-state index contributed by atoms with van der Waals surface area (Å²) in [6.45, 7) is 9.96. The second-order valence-corrected chi connectivity index (χ2v) is 5.39. The number of ether oxygens (including phenoxy) is 1. The van der Waals surface area contributed by atoms with Gasteiger partial charge in [-0.25, -0.2) is 4.79 Å². The van der Waals surface area contributed by atoms with Crippen LogP contribution in [0, 0.1) is 4.77 Å². The molecule has 1 heterocycles. The molecule has 0 aliphatic carbocycles. The van der Waals surface area contributed by atoms with Gasteiger partial charge in [0.15, 0.2) is 10.6 Å². The Balaban J connectivity index is 2.74. The Kier molecular flexibility index (Phi) is 4.50. The lowest BCUT2D eigenvalue weighted by atomic mass is 10.2. The number of nitrogens with one attached hydrogen (secondary N) is 2. The summed E-state index contributed by atoms with van der Waals surface area (Å²) in [5.41, 5.74) is -0.515. The molecular weight excluding hydrogens is 252 g/mol. The zero-order chi connectivity index (χ0) is 13.9. The lowest BCUT2D eigenvalue weighted by Gasteiger charge is -2.21. The van der Waals surface area contributed by atoms with Gasteiger partial charge in [0.2, 0.25) is 0 Å². The molecule has 7 heteroatoms. The second kappa shape index (κ2) is 5.51. The maximum absolute atomic E-state index is 11.6. The molecule has 1 amide bonds. The first-order valence-electron chi connectivity index (χ1n) is 5.89. The molecule has 6 nitrogen and oxygen atoms in total. The van der Waals surface area contributed by atoms with Crippen LogP contribution < -0.4 is 5.32 Å². The van der Waals surface area contributed by atoms with Gasteiger partial charge in [0.05, 0.1) is 6.04 Å². The van der Waals surface area contributed by atoms with Crippen molar-refractivity contribution < 1.29 is 9.53 Å². The van der Waals surface area contributed by atoms with Crippen LogP contribution in [0.1, 0.15) is 46.5 Å². The fourth-order valence-electron chi connectivity index (χ4n) is 1.51. The number of nitrogens with zero attached hydrogens (tertiary/aromatic N) is 2. The van der Waals surface area contributed by atoms with Crippen molar-refractivity contribution in [3.05, 3.63) is 10.6 Å². The Labute approximate surface area is 112 Å². The maximum Gasteiger partial charge on any atom is 0.408 e. The second-order valence-electron chi connectivity index (χ2n) is 5.00. The molecule has 0 unspecified atom stereocenters. The van der Waals surface area contributed by atoms with Crippen molar-refractivity contribution in [1.82, 2.24) is 20.1 Å². The molecule has 0 spiro atoms. The van der Waals surface area contributed by atoms with E-state index in [0.29, 0.717) is 17.1 Å². The monoisotopic (exact) mass is 272 g/mol. The van der Waals surface area contributed by atoms with Gasteiger partial charge in [0, 0.05) is 6.54 Å². The smallest absolute Gasteiger partial charge is 0.408 e. The van der Waals surface area contributed by atoms with E-state index in [0.717, 1.165) is 0 Å². The summed E-state index contributed by atoms with van der Waals surface area (Å²) in [6.07, 6.45) is -0.466. The number of amides is 1. The number of carbonyl (C=O) groups excluding carboxylic acids is 1. The Morgan fingerprint density at radius 2 is 2.22 bits per heavy atom. The van der Waals surface area contributed by atoms with E-state index in [-0.39, 0.29) is 6.04 Å². The molecule has 0 aliphatic heterocycles. The number of carbonyl (C=O) groups is 1. The van der Waals surface area contributed by atoms with E-state index < -0.39 is 11.7 Å². The van der Waals surface area contributed by atoms with Crippen molar-refractivity contribution in [2.75, 3.05) is 0 Å². The number of hydrogen-bond acceptors (Lipinski definition) is 4. The maximum atomic E-state index is 11.6. The molecule has 1 aromatic heterocycles. The van der Waals surface area contributed by atoms with E-state index in [1.807, 2.05) is 39.2 Å². The van der Waals surface area contributed by atoms with Crippen LogP contribution >= 0.6 is 12.2 Å². The molecule has 0 saturated carbocycles. The van der Waals surface area contributed by atoms with Gasteiger partial charge in [-0.3, -0.25) is 5.10 Å². The largest absolute Gasteiger partial charge is 0.444 e. The zero-order valence-corrected chi connectivity index (χ0v) is 12.2. The predicted molar refractivity (Wildman–Crippen MR) is 70.9 cm³/mol. The SMILES string of the molecule is CCn1c([C@@H](C)NC(=O)OC(C)(C)C)n[nH]c1=S. The van der Waals surface area contributed by atoms with Crippen LogP contribution in [0.5, 0.6) is 0 Å². The molecule has 18 heavy (non-hydrogen) atoms. The van der Waals surface area contributed by atoms with Gasteiger partial charge < -0.3 is 14.6 Å². The Morgan fingerprint density at radius 1 is 1.61 bits per heavy atom. The van der Waals surface area contributed by atoms with Gasteiger partial charge in [-0.1, -0.05) is 0 Å². The van der Waals surface area contributed by atoms with E-state index in [2.05, 4.69) is 15.5 Å². The predicted octanol–water partition coefficient (Wildman–Crippen LogP) is 2.55. The van der Waals surface area contributed by atoms with E-state index >= 15 is 0 Å². The molecule has 2 N–H and O–H groups in total. The van der Waals surface area contributed by atoms with Crippen LogP contribution in [-0.4, -0.2) is 26.5 Å². The first-order valence-corrected chi connectivity index (χ1v) is 6.30. The number of H-pyrrole nitrogens is 1. The highest BCUT2D eigenvalue weighted by atomic mass is 32.1. The normalized spacial score (nSPS) is 13.2. The Morgan fingerprint density at radius 3 is 2.72 bits per heavy atom. The summed E-state index contributed by atoms with van der Waals surface area (Å²) in [5, 5.41) is 9.56. The average Bonchev–Trinajstić information content (AvgIpc) is 2.56. The van der Waals surface area contributed by atoms with Crippen molar-refractivity contribution in [2.24, 2.45) is 0 Å². The minimum Gasteiger partial charge on any atom is -0.444 e. The molecule has 0 aliphatic rings. The highest BCUT2D eigenvalue weighted by molar-refractivity contribution is 7.71. The number of hydrogen-bond donors (Lipinski definition) is 2. The third-order valence-electron chi connectivity index (χ3n) is 2.22. The number of aromatic nitrogens is 3. The molecule has 0 saturated heterocycles. The summed E-state index contributed by atoms with van der Waals surface area (Å²) in [6, 6.07) is -0.271. The molecule has 0 aromatic carbocycles. The Hall–Kier alpha value is -1.37. The van der Waals surface area contributed by atoms with E-state index in [9.17, 15) is 4.79 Å². The van der Waals surface area contributed by atoms with Crippen LogP contribution in [-0.2, 0) is 11.3 Å². The quantitative estimate of drug-likeness (QED) is 0.829. The number of aromatic amines is 1. The molecule has 102 valence electrons. The van der Waals surface area contributed by atoms with Gasteiger partial charge >= 0.3 is 6.09 Å². The summed E-state index contributed by atoms with van der Waals surface area (Å²) >= 11 is 5.09. The zero-order valence-electron chi connectivity index (χ0n) is 11.4. The minimum absolute atomic E-state index is 0.271. The summed E-state index contributed by atoms with van der Waals surface area (Å²) < 4.78 is 7.56. The van der Waals surface area contributed by atoms with Crippen molar-refractivity contribution in [2.45, 2.75) is 52.8 Å². The first kappa shape index (κ1) is 14.7. The topological polar surface area (TPSA) is 71.9 Å². The van der Waals surface area contributed by atoms with Crippen LogP contribution in [0.3, 0.4) is 0 Å². The van der Waals surface area contributed by atoms with E-state index in [4.69, 9.17) is 17.0 Å². The molecule has 1 atom stereocenters. The third-order valence-corrected chi connectivity index (χ3v) is 2.54. The third kappa shape index (κ3) is 3.83. The van der Waals surface area contributed by atoms with E-state index in [1.165, 1.54) is 0 Å². The van der Waals surface area contributed by atoms with Gasteiger partial charge in [-0.2, -0.15) is 5.10 Å². The standard InChI is InChI=1S/C11H20N4O2S/c1-6-15-8(13-14-9(15)18)7(2)12-10(16)17-11(3,4)5/h7H,6H2,1-5H3,(H,12,16)(H,14,18)/t7-/m1/s1. The highest BCUT2D eigenvalue weighted by Crippen LogP contribution is 2.12. The van der Waals surface area contributed by atoms with Gasteiger partial charge in [0.25, 0.3) is 0 Å². The van der Waals surface area contributed by atoms with Crippen LogP contribution in [0.15, 0.2) is 0 Å². The molecule has 1 rings (SSSR count). The van der Waals surface area contributed by atoms with Crippen LogP contribution in [0.4, 0.5) is 4.79 Å².